The highest BCUT2D eigenvalue weighted by Gasteiger charge is 2.30. The number of nitrogens with one attached hydrogen (secondary N) is 2. The van der Waals surface area contributed by atoms with Crippen molar-refractivity contribution in [2.75, 3.05) is 37.3 Å². The zero-order chi connectivity index (χ0) is 37.4. The van der Waals surface area contributed by atoms with Crippen LogP contribution in [-0.4, -0.2) is 77.7 Å². The first kappa shape index (κ1) is 36.6. The lowest BCUT2D eigenvalue weighted by molar-refractivity contribution is -0.143. The maximum Gasteiger partial charge on any atom is 0.306 e. The van der Waals surface area contributed by atoms with Crippen molar-refractivity contribution in [3.05, 3.63) is 81.4 Å². The maximum absolute atomic E-state index is 13.7. The first-order chi connectivity index (χ1) is 25.5. The number of rotatable bonds is 10. The number of aliphatic carboxylic acids is 1. The number of likely N-dealkylation sites (N-methyl/N-ethyl adjacent to an activating group) is 1. The van der Waals surface area contributed by atoms with E-state index in [0.29, 0.717) is 45.8 Å². The van der Waals surface area contributed by atoms with Crippen molar-refractivity contribution >= 4 is 34.9 Å². The number of aliphatic hydroxyl groups is 1. The fraction of sp³-hybridized carbons (Fsp3) is 0.462. The van der Waals surface area contributed by atoms with Gasteiger partial charge in [0, 0.05) is 75.6 Å². The van der Waals surface area contributed by atoms with E-state index in [-0.39, 0.29) is 17.3 Å². The fourth-order valence-corrected chi connectivity index (χ4v) is 8.49. The predicted octanol–water partition coefficient (Wildman–Crippen LogP) is 5.33. The molecule has 0 radical (unpaired) electrons. The zero-order valence-corrected chi connectivity index (χ0v) is 31.2. The van der Waals surface area contributed by atoms with Crippen LogP contribution in [0.2, 0.25) is 5.02 Å². The summed E-state index contributed by atoms with van der Waals surface area (Å²) >= 11 is 6.95. The molecule has 2 aromatic carbocycles. The van der Waals surface area contributed by atoms with E-state index in [4.69, 9.17) is 21.6 Å². The van der Waals surface area contributed by atoms with Gasteiger partial charge in [-0.05, 0) is 63.7 Å². The Morgan fingerprint density at radius 2 is 1.62 bits per heavy atom. The molecule has 0 spiro atoms. The van der Waals surface area contributed by atoms with Crippen LogP contribution in [0.1, 0.15) is 83.1 Å². The molecule has 0 bridgehead atoms. The molecule has 0 saturated heterocycles. The van der Waals surface area contributed by atoms with E-state index in [1.165, 1.54) is 0 Å². The molecule has 278 valence electrons. The molecule has 2 aromatic heterocycles. The van der Waals surface area contributed by atoms with E-state index in [2.05, 4.69) is 26.5 Å². The number of carbonyl (C=O) groups is 2. The summed E-state index contributed by atoms with van der Waals surface area (Å²) in [5, 5.41) is 37.2. The van der Waals surface area contributed by atoms with Gasteiger partial charge in [-0.3, -0.25) is 14.5 Å². The largest absolute Gasteiger partial charge is 0.481 e. The normalized spacial score (nSPS) is 19.5. The minimum Gasteiger partial charge on any atom is -0.481 e. The van der Waals surface area contributed by atoms with E-state index >= 15 is 0 Å². The lowest BCUT2D eigenvalue weighted by atomic mass is 9.80. The molecule has 1 unspecified atom stereocenters. The second-order valence-corrected chi connectivity index (χ2v) is 15.1. The first-order valence-electron chi connectivity index (χ1n) is 18.3. The van der Waals surface area contributed by atoms with Crippen LogP contribution in [-0.2, 0) is 44.8 Å². The lowest BCUT2D eigenvalue weighted by Gasteiger charge is -2.30. The Morgan fingerprint density at radius 3 is 2.36 bits per heavy atom. The van der Waals surface area contributed by atoms with Crippen LogP contribution >= 0.6 is 11.6 Å². The SMILES string of the molecule is CN1CCc2c(nc(C(O)Nc3cccc(-c4cccc(NC(=O)c5nc6c(n5C)CCN(CCC5CCC(C(=O)O)CC5)C6)c4C#N)c3Cl)n2C)C1. The van der Waals surface area contributed by atoms with Gasteiger partial charge in [-0.1, -0.05) is 35.9 Å². The Kier molecular flexibility index (Phi) is 10.6. The Labute approximate surface area is 314 Å². The number of imidazole rings is 2. The standard InChI is InChI=1S/C39H46ClN9O4/c1-46-17-15-32-30(21-46)42-36(47(32)2)38(51)45-29-9-5-7-26(34(29)40)25-6-4-8-28(27(25)20-41)44-37(50)35-43-31-22-49(19-16-33(31)48(35)3)18-14-23-10-12-24(13-11-23)39(52)53/h4-9,23-24,38,45,51H,10-19,21-22H2,1-3H3,(H,44,50)(H,52,53). The molecule has 53 heavy (non-hydrogen) atoms. The molecule has 4 aromatic rings. The Balaban J connectivity index is 1.04. The number of amides is 1. The van der Waals surface area contributed by atoms with Crippen LogP contribution in [0.4, 0.5) is 11.4 Å². The van der Waals surface area contributed by atoms with Crippen molar-refractivity contribution < 1.29 is 19.8 Å². The number of aromatic nitrogens is 4. The topological polar surface area (TPSA) is 165 Å². The monoisotopic (exact) mass is 739 g/mol. The third-order valence-corrected chi connectivity index (χ3v) is 11.7. The summed E-state index contributed by atoms with van der Waals surface area (Å²) in [4.78, 5) is 39.1. The number of benzene rings is 2. The second-order valence-electron chi connectivity index (χ2n) is 14.7. The number of halogens is 1. The number of hydrogen-bond donors (Lipinski definition) is 4. The van der Waals surface area contributed by atoms with Gasteiger partial charge < -0.3 is 34.9 Å². The highest BCUT2D eigenvalue weighted by atomic mass is 35.5. The molecule has 14 heteroatoms. The average Bonchev–Trinajstić information content (AvgIpc) is 3.66. The minimum absolute atomic E-state index is 0.203. The molecule has 13 nitrogen and oxygen atoms in total. The molecule has 1 amide bonds. The van der Waals surface area contributed by atoms with E-state index in [1.807, 2.05) is 30.3 Å². The van der Waals surface area contributed by atoms with Gasteiger partial charge in [0.15, 0.2) is 17.9 Å². The van der Waals surface area contributed by atoms with E-state index in [9.17, 15) is 25.1 Å². The van der Waals surface area contributed by atoms with E-state index in [1.54, 1.807) is 36.4 Å². The van der Waals surface area contributed by atoms with Crippen molar-refractivity contribution in [3.8, 4) is 17.2 Å². The van der Waals surface area contributed by atoms with Crippen LogP contribution in [0, 0.1) is 23.2 Å². The predicted molar refractivity (Wildman–Crippen MR) is 201 cm³/mol. The Hall–Kier alpha value is -4.74. The quantitative estimate of drug-likeness (QED) is 0.156. The van der Waals surface area contributed by atoms with Gasteiger partial charge in [0.1, 0.15) is 6.07 Å². The molecule has 1 atom stereocenters. The van der Waals surface area contributed by atoms with Gasteiger partial charge >= 0.3 is 5.97 Å². The molecule has 3 aliphatic rings. The summed E-state index contributed by atoms with van der Waals surface area (Å²) in [5.74, 6) is 0.0263. The molecular weight excluding hydrogens is 694 g/mol. The number of nitriles is 1. The van der Waals surface area contributed by atoms with Crippen LogP contribution in [0.25, 0.3) is 11.1 Å². The fourth-order valence-electron chi connectivity index (χ4n) is 8.21. The van der Waals surface area contributed by atoms with Gasteiger partial charge in [-0.2, -0.15) is 5.26 Å². The summed E-state index contributed by atoms with van der Waals surface area (Å²) in [5.41, 5.74) is 6.14. The number of anilines is 2. The smallest absolute Gasteiger partial charge is 0.306 e. The third-order valence-electron chi connectivity index (χ3n) is 11.3. The summed E-state index contributed by atoms with van der Waals surface area (Å²) in [7, 11) is 5.81. The van der Waals surface area contributed by atoms with E-state index in [0.717, 1.165) is 93.9 Å². The average molecular weight is 740 g/mol. The van der Waals surface area contributed by atoms with Gasteiger partial charge in [0.2, 0.25) is 0 Å². The summed E-state index contributed by atoms with van der Waals surface area (Å²) < 4.78 is 3.78. The molecule has 1 aliphatic carbocycles. The van der Waals surface area contributed by atoms with E-state index < -0.39 is 18.1 Å². The van der Waals surface area contributed by atoms with Crippen molar-refractivity contribution in [1.29, 1.82) is 5.26 Å². The van der Waals surface area contributed by atoms with Gasteiger partial charge in [0.05, 0.1) is 39.3 Å². The lowest BCUT2D eigenvalue weighted by Crippen LogP contribution is -2.33. The number of carboxylic acid groups (broad SMARTS) is 1. The van der Waals surface area contributed by atoms with Crippen LogP contribution in [0.15, 0.2) is 36.4 Å². The molecule has 1 saturated carbocycles. The summed E-state index contributed by atoms with van der Waals surface area (Å²) in [6, 6.07) is 12.9. The number of carbonyl (C=O) groups excluding carboxylic acids is 1. The minimum atomic E-state index is -1.12. The van der Waals surface area contributed by atoms with Crippen LogP contribution < -0.4 is 10.6 Å². The highest BCUT2D eigenvalue weighted by molar-refractivity contribution is 6.36. The Bertz CT molecular complexity index is 2080. The maximum atomic E-state index is 13.7. The van der Waals surface area contributed by atoms with Crippen LogP contribution in [0.3, 0.4) is 0 Å². The number of nitrogens with zero attached hydrogens (tertiary/aromatic N) is 7. The molecule has 2 aliphatic heterocycles. The van der Waals surface area contributed by atoms with Gasteiger partial charge in [-0.15, -0.1) is 0 Å². The molecule has 1 fully saturated rings. The van der Waals surface area contributed by atoms with Crippen molar-refractivity contribution in [2.24, 2.45) is 25.9 Å². The van der Waals surface area contributed by atoms with Gasteiger partial charge in [0.25, 0.3) is 5.91 Å². The molecule has 7 rings (SSSR count). The van der Waals surface area contributed by atoms with Crippen molar-refractivity contribution in [2.45, 2.75) is 64.3 Å². The number of hydrogen-bond acceptors (Lipinski definition) is 9. The first-order valence-corrected chi connectivity index (χ1v) is 18.7. The summed E-state index contributed by atoms with van der Waals surface area (Å²) in [6.07, 6.45) is 4.96. The second kappa shape index (κ2) is 15.3. The molecule has 4 N–H and O–H groups in total. The van der Waals surface area contributed by atoms with Gasteiger partial charge in [-0.25, -0.2) is 9.97 Å². The van der Waals surface area contributed by atoms with Crippen LogP contribution in [0.5, 0.6) is 0 Å². The van der Waals surface area contributed by atoms with Crippen molar-refractivity contribution in [1.82, 2.24) is 28.9 Å². The number of carboxylic acids is 1. The third kappa shape index (κ3) is 7.42. The number of aliphatic hydroxyl groups excluding tert-OH is 1. The molecule has 4 heterocycles. The molecular formula is C39H46ClN9O4. The Morgan fingerprint density at radius 1 is 0.943 bits per heavy atom. The summed E-state index contributed by atoms with van der Waals surface area (Å²) in [6.45, 7) is 4.08. The highest BCUT2D eigenvalue weighted by Crippen LogP contribution is 2.39. The number of fused-ring (bicyclic) bond motifs is 2. The zero-order valence-electron chi connectivity index (χ0n) is 30.4. The van der Waals surface area contributed by atoms with Crippen molar-refractivity contribution in [3.63, 3.8) is 0 Å².